The molecule has 2 N–H and O–H groups in total. The number of amides is 1. The molecule has 0 saturated heterocycles. The monoisotopic (exact) mass is 403 g/mol. The molecule has 1 atom stereocenters. The maximum absolute atomic E-state index is 12.3. The Balaban J connectivity index is 1.60. The molecule has 0 saturated carbocycles. The molecule has 2 aromatic heterocycles. The van der Waals surface area contributed by atoms with Gasteiger partial charge in [-0.25, -0.2) is 8.42 Å². The summed E-state index contributed by atoms with van der Waals surface area (Å²) >= 11 is 0. The highest BCUT2D eigenvalue weighted by molar-refractivity contribution is 7.90. The lowest BCUT2D eigenvalue weighted by molar-refractivity contribution is -0.122. The molecule has 1 aromatic carbocycles. The topological polar surface area (TPSA) is 110 Å². The lowest BCUT2D eigenvalue weighted by Crippen LogP contribution is -2.41. The van der Waals surface area contributed by atoms with Crippen LogP contribution in [-0.2, 0) is 26.7 Å². The van der Waals surface area contributed by atoms with Crippen molar-refractivity contribution in [3.8, 4) is 0 Å². The summed E-state index contributed by atoms with van der Waals surface area (Å²) in [6.45, 7) is -0.0775. The Hall–Kier alpha value is -2.84. The number of hydrogen-bond acceptors (Lipinski definition) is 6. The van der Waals surface area contributed by atoms with E-state index in [9.17, 15) is 18.3 Å². The minimum atomic E-state index is -3.24. The van der Waals surface area contributed by atoms with Crippen molar-refractivity contribution in [2.24, 2.45) is 0 Å². The number of furan rings is 2. The first-order valence-electron chi connectivity index (χ1n) is 8.64. The van der Waals surface area contributed by atoms with Gasteiger partial charge in [-0.2, -0.15) is 0 Å². The second-order valence-electron chi connectivity index (χ2n) is 6.54. The third-order valence-corrected chi connectivity index (χ3v) is 5.59. The van der Waals surface area contributed by atoms with E-state index < -0.39 is 15.4 Å². The zero-order chi connectivity index (χ0) is 20.2. The molecular weight excluding hydrogens is 382 g/mol. The van der Waals surface area contributed by atoms with Crippen LogP contribution in [-0.4, -0.2) is 32.2 Å². The molecule has 1 amide bonds. The average Bonchev–Trinajstić information content (AvgIpc) is 3.38. The summed E-state index contributed by atoms with van der Waals surface area (Å²) in [4.78, 5) is 12.5. The fourth-order valence-corrected chi connectivity index (χ4v) is 3.45. The Bertz CT molecular complexity index is 971. The van der Waals surface area contributed by atoms with E-state index in [0.29, 0.717) is 17.7 Å². The number of benzene rings is 1. The minimum absolute atomic E-state index is 0.0775. The minimum Gasteiger partial charge on any atom is -0.472 e. The number of rotatable bonds is 8. The van der Waals surface area contributed by atoms with Crippen molar-refractivity contribution in [2.45, 2.75) is 23.3 Å². The lowest BCUT2D eigenvalue weighted by Gasteiger charge is -2.25. The van der Waals surface area contributed by atoms with Crippen molar-refractivity contribution in [3.05, 3.63) is 78.1 Å². The molecule has 0 bridgehead atoms. The maximum atomic E-state index is 12.3. The van der Waals surface area contributed by atoms with Crippen LogP contribution in [0.2, 0.25) is 0 Å². The van der Waals surface area contributed by atoms with Crippen LogP contribution in [0.5, 0.6) is 0 Å². The van der Waals surface area contributed by atoms with Crippen LogP contribution in [0.1, 0.15) is 23.3 Å². The second kappa shape index (κ2) is 8.04. The van der Waals surface area contributed by atoms with Crippen molar-refractivity contribution in [1.29, 1.82) is 0 Å². The Kier molecular flexibility index (Phi) is 5.71. The quantitative estimate of drug-likeness (QED) is 0.597. The van der Waals surface area contributed by atoms with Gasteiger partial charge in [0.15, 0.2) is 15.4 Å². The molecule has 0 aliphatic carbocycles. The molecule has 3 aromatic rings. The van der Waals surface area contributed by atoms with Crippen molar-refractivity contribution >= 4 is 15.7 Å². The van der Waals surface area contributed by atoms with Gasteiger partial charge in [-0.05, 0) is 42.3 Å². The highest BCUT2D eigenvalue weighted by atomic mass is 32.2. The molecule has 0 aliphatic heterocycles. The largest absolute Gasteiger partial charge is 0.472 e. The Morgan fingerprint density at radius 3 is 2.46 bits per heavy atom. The first-order valence-corrected chi connectivity index (χ1v) is 10.5. The molecule has 0 fully saturated rings. The zero-order valence-electron chi connectivity index (χ0n) is 15.3. The number of sulfone groups is 1. The smallest absolute Gasteiger partial charge is 0.220 e. The number of aryl methyl sites for hydroxylation is 1. The highest BCUT2D eigenvalue weighted by Crippen LogP contribution is 2.29. The van der Waals surface area contributed by atoms with Crippen LogP contribution in [0.3, 0.4) is 0 Å². The predicted molar refractivity (Wildman–Crippen MR) is 101 cm³/mol. The van der Waals surface area contributed by atoms with Gasteiger partial charge in [0, 0.05) is 18.2 Å². The van der Waals surface area contributed by atoms with Gasteiger partial charge in [0.05, 0.1) is 30.2 Å². The molecular formula is C20H21NO6S. The summed E-state index contributed by atoms with van der Waals surface area (Å²) in [5.41, 5.74) is -0.221. The molecule has 28 heavy (non-hydrogen) atoms. The standard InChI is InChI=1S/C20H21NO6S/c1-28(24,25)17-7-4-15(5-8-17)6-9-19(22)21-14-20(23,16-10-12-26-13-16)18-3-2-11-27-18/h2-5,7-8,10-13,23H,6,9,14H2,1H3,(H,21,22). The van der Waals surface area contributed by atoms with Crippen LogP contribution in [0.4, 0.5) is 0 Å². The number of carbonyl (C=O) groups is 1. The van der Waals surface area contributed by atoms with E-state index in [1.165, 1.54) is 30.9 Å². The number of carbonyl (C=O) groups excluding carboxylic acids is 1. The predicted octanol–water partition coefficient (Wildman–Crippen LogP) is 2.26. The third-order valence-electron chi connectivity index (χ3n) is 4.46. The van der Waals surface area contributed by atoms with E-state index in [0.717, 1.165) is 11.8 Å². The summed E-state index contributed by atoms with van der Waals surface area (Å²) in [5.74, 6) is 0.0474. The number of hydrogen-bond donors (Lipinski definition) is 2. The average molecular weight is 403 g/mol. The Labute approximate surface area is 162 Å². The molecule has 7 nitrogen and oxygen atoms in total. The molecule has 0 aliphatic rings. The molecule has 2 heterocycles. The van der Waals surface area contributed by atoms with Gasteiger partial charge in [-0.15, -0.1) is 0 Å². The highest BCUT2D eigenvalue weighted by Gasteiger charge is 2.36. The fraction of sp³-hybridized carbons (Fsp3) is 0.250. The van der Waals surface area contributed by atoms with Gasteiger partial charge in [-0.1, -0.05) is 12.1 Å². The maximum Gasteiger partial charge on any atom is 0.220 e. The fourth-order valence-electron chi connectivity index (χ4n) is 2.82. The van der Waals surface area contributed by atoms with Gasteiger partial charge in [0.1, 0.15) is 5.76 Å². The second-order valence-corrected chi connectivity index (χ2v) is 8.56. The van der Waals surface area contributed by atoms with Gasteiger partial charge >= 0.3 is 0 Å². The van der Waals surface area contributed by atoms with Gasteiger partial charge in [0.25, 0.3) is 0 Å². The van der Waals surface area contributed by atoms with E-state index in [2.05, 4.69) is 5.32 Å². The van der Waals surface area contributed by atoms with E-state index >= 15 is 0 Å². The van der Waals surface area contributed by atoms with Crippen molar-refractivity contribution < 1.29 is 27.2 Å². The Morgan fingerprint density at radius 1 is 1.14 bits per heavy atom. The lowest BCUT2D eigenvalue weighted by atomic mass is 9.93. The molecule has 148 valence electrons. The SMILES string of the molecule is CS(=O)(=O)c1ccc(CCC(=O)NCC(O)(c2ccoc2)c2ccco2)cc1. The number of nitrogens with one attached hydrogen (secondary N) is 1. The molecule has 8 heteroatoms. The van der Waals surface area contributed by atoms with Gasteiger partial charge in [0.2, 0.25) is 5.91 Å². The number of aliphatic hydroxyl groups is 1. The molecule has 3 rings (SSSR count). The van der Waals surface area contributed by atoms with Crippen LogP contribution >= 0.6 is 0 Å². The summed E-state index contributed by atoms with van der Waals surface area (Å²) in [6.07, 6.45) is 6.07. The van der Waals surface area contributed by atoms with E-state index in [1.54, 1.807) is 30.3 Å². The van der Waals surface area contributed by atoms with Gasteiger partial charge < -0.3 is 19.3 Å². The normalized spacial score (nSPS) is 13.8. The van der Waals surface area contributed by atoms with Crippen molar-refractivity contribution in [1.82, 2.24) is 5.32 Å². The first kappa shape index (κ1) is 19.9. The van der Waals surface area contributed by atoms with Crippen LogP contribution in [0.25, 0.3) is 0 Å². The van der Waals surface area contributed by atoms with Crippen LogP contribution in [0.15, 0.2) is 75.0 Å². The van der Waals surface area contributed by atoms with E-state index in [4.69, 9.17) is 8.83 Å². The summed E-state index contributed by atoms with van der Waals surface area (Å²) < 4.78 is 33.3. The zero-order valence-corrected chi connectivity index (χ0v) is 16.1. The summed E-state index contributed by atoms with van der Waals surface area (Å²) in [7, 11) is -3.24. The van der Waals surface area contributed by atoms with E-state index in [1.807, 2.05) is 0 Å². The molecule has 0 spiro atoms. The van der Waals surface area contributed by atoms with Crippen molar-refractivity contribution in [3.63, 3.8) is 0 Å². The van der Waals surface area contributed by atoms with Crippen LogP contribution in [0, 0.1) is 0 Å². The summed E-state index contributed by atoms with van der Waals surface area (Å²) in [6, 6.07) is 11.3. The third kappa shape index (κ3) is 4.52. The van der Waals surface area contributed by atoms with Crippen molar-refractivity contribution in [2.75, 3.05) is 12.8 Å². The van der Waals surface area contributed by atoms with Gasteiger partial charge in [-0.3, -0.25) is 4.79 Å². The summed E-state index contributed by atoms with van der Waals surface area (Å²) in [5, 5.41) is 13.8. The molecule has 1 unspecified atom stereocenters. The first-order chi connectivity index (χ1) is 13.3. The molecule has 0 radical (unpaired) electrons. The van der Waals surface area contributed by atoms with Crippen LogP contribution < -0.4 is 5.32 Å². The van der Waals surface area contributed by atoms with E-state index in [-0.39, 0.29) is 23.8 Å². The Morgan fingerprint density at radius 2 is 1.89 bits per heavy atom.